The van der Waals surface area contributed by atoms with Crippen molar-refractivity contribution in [3.63, 3.8) is 0 Å². The lowest BCUT2D eigenvalue weighted by Crippen LogP contribution is -2.12. The van der Waals surface area contributed by atoms with Crippen molar-refractivity contribution in [1.82, 2.24) is 9.38 Å². The van der Waals surface area contributed by atoms with Gasteiger partial charge in [0.2, 0.25) is 0 Å². The quantitative estimate of drug-likeness (QED) is 0.527. The van der Waals surface area contributed by atoms with Gasteiger partial charge in [0.1, 0.15) is 23.6 Å². The fourth-order valence-electron chi connectivity index (χ4n) is 2.33. The third-order valence-electron chi connectivity index (χ3n) is 3.56. The lowest BCUT2D eigenvalue weighted by molar-refractivity contribution is 0.0417. The van der Waals surface area contributed by atoms with Crippen LogP contribution >= 0.6 is 0 Å². The maximum absolute atomic E-state index is 11.7. The summed E-state index contributed by atoms with van der Waals surface area (Å²) in [7, 11) is 0. The molecule has 0 atom stereocenters. The summed E-state index contributed by atoms with van der Waals surface area (Å²) >= 11 is 0. The molecule has 132 valence electrons. The molecule has 0 aliphatic heterocycles. The Morgan fingerprint density at radius 3 is 2.62 bits per heavy atom. The van der Waals surface area contributed by atoms with E-state index in [1.54, 1.807) is 0 Å². The third-order valence-corrected chi connectivity index (χ3v) is 3.56. The van der Waals surface area contributed by atoms with Gasteiger partial charge in [0, 0.05) is 11.8 Å². The van der Waals surface area contributed by atoms with E-state index in [2.05, 4.69) is 16.8 Å². The molecule has 5 heteroatoms. The number of hydrogen-bond donors (Lipinski definition) is 0. The second-order valence-corrected chi connectivity index (χ2v) is 6.20. The number of fused-ring (bicyclic) bond motifs is 1. The van der Waals surface area contributed by atoms with Gasteiger partial charge in [-0.15, -0.1) is 0 Å². The summed E-state index contributed by atoms with van der Waals surface area (Å²) in [5.41, 5.74) is 2.95. The van der Waals surface area contributed by atoms with Crippen molar-refractivity contribution in [1.29, 1.82) is 0 Å². The number of pyridine rings is 1. The van der Waals surface area contributed by atoms with Gasteiger partial charge in [0.25, 0.3) is 0 Å². The minimum absolute atomic E-state index is 0.0113. The number of carbonyl (C=O) groups excluding carboxylic acids is 1. The molecular formula is C21H20N2O3. The van der Waals surface area contributed by atoms with Crippen LogP contribution in [-0.2, 0) is 16.1 Å². The molecule has 0 aliphatic carbocycles. The summed E-state index contributed by atoms with van der Waals surface area (Å²) in [4.78, 5) is 16.2. The van der Waals surface area contributed by atoms with Crippen molar-refractivity contribution in [2.45, 2.75) is 20.5 Å². The first kappa shape index (κ1) is 17.6. The molecule has 0 spiro atoms. The number of hydrogen-bond acceptors (Lipinski definition) is 4. The molecule has 0 N–H and O–H groups in total. The van der Waals surface area contributed by atoms with Crippen LogP contribution in [0, 0.1) is 17.8 Å². The minimum Gasteiger partial charge on any atom is -0.434 e. The van der Waals surface area contributed by atoms with E-state index >= 15 is 0 Å². The van der Waals surface area contributed by atoms with E-state index in [0.717, 1.165) is 11.2 Å². The van der Waals surface area contributed by atoms with Crippen molar-refractivity contribution in [2.75, 3.05) is 6.61 Å². The lowest BCUT2D eigenvalue weighted by atomic mass is 10.2. The smallest absolute Gasteiger partial charge is 0.434 e. The van der Waals surface area contributed by atoms with Crippen molar-refractivity contribution in [3.8, 4) is 11.8 Å². The predicted octanol–water partition coefficient (Wildman–Crippen LogP) is 4.04. The maximum Gasteiger partial charge on any atom is 0.508 e. The molecule has 2 aromatic heterocycles. The fourth-order valence-corrected chi connectivity index (χ4v) is 2.33. The van der Waals surface area contributed by atoms with Crippen molar-refractivity contribution in [3.05, 3.63) is 71.7 Å². The first-order chi connectivity index (χ1) is 12.6. The molecule has 0 fully saturated rings. The topological polar surface area (TPSA) is 52.8 Å². The van der Waals surface area contributed by atoms with Gasteiger partial charge in [0.15, 0.2) is 0 Å². The molecule has 3 aromatic rings. The van der Waals surface area contributed by atoms with E-state index in [0.29, 0.717) is 18.0 Å². The molecule has 1 aromatic carbocycles. The molecule has 0 aliphatic rings. The Morgan fingerprint density at radius 1 is 1.08 bits per heavy atom. The van der Waals surface area contributed by atoms with Gasteiger partial charge in [-0.1, -0.05) is 44.0 Å². The molecular weight excluding hydrogens is 328 g/mol. The van der Waals surface area contributed by atoms with E-state index in [-0.39, 0.29) is 12.5 Å². The summed E-state index contributed by atoms with van der Waals surface area (Å²) in [6, 6.07) is 15.4. The van der Waals surface area contributed by atoms with Crippen LogP contribution in [0.2, 0.25) is 0 Å². The lowest BCUT2D eigenvalue weighted by Gasteiger charge is -2.07. The molecule has 5 nitrogen and oxygen atoms in total. The van der Waals surface area contributed by atoms with E-state index in [9.17, 15) is 4.79 Å². The van der Waals surface area contributed by atoms with Crippen LogP contribution in [-0.4, -0.2) is 22.1 Å². The Kier molecular flexibility index (Phi) is 5.55. The highest BCUT2D eigenvalue weighted by molar-refractivity contribution is 5.60. The Labute approximate surface area is 152 Å². The molecule has 0 saturated heterocycles. The zero-order chi connectivity index (χ0) is 18.4. The largest absolute Gasteiger partial charge is 0.508 e. The van der Waals surface area contributed by atoms with Crippen LogP contribution in [0.3, 0.4) is 0 Å². The monoisotopic (exact) mass is 348 g/mol. The molecule has 0 unspecified atom stereocenters. The number of rotatable bonds is 4. The van der Waals surface area contributed by atoms with Gasteiger partial charge >= 0.3 is 6.16 Å². The van der Waals surface area contributed by atoms with Gasteiger partial charge in [0.05, 0.1) is 6.61 Å². The van der Waals surface area contributed by atoms with Gasteiger partial charge in [-0.2, -0.15) is 0 Å². The Morgan fingerprint density at radius 2 is 1.85 bits per heavy atom. The Hall–Kier alpha value is -3.26. The SMILES string of the molecule is CC(C)COC(=O)OCc1nc2ccccn2c1C#Cc1ccccc1. The van der Waals surface area contributed by atoms with Gasteiger partial charge < -0.3 is 9.47 Å². The maximum atomic E-state index is 11.7. The van der Waals surface area contributed by atoms with Crippen molar-refractivity contribution < 1.29 is 14.3 Å². The van der Waals surface area contributed by atoms with Crippen LogP contribution in [0.1, 0.15) is 30.8 Å². The van der Waals surface area contributed by atoms with Crippen LogP contribution in [0.15, 0.2) is 54.7 Å². The summed E-state index contributed by atoms with van der Waals surface area (Å²) in [5, 5.41) is 0. The highest BCUT2D eigenvalue weighted by atomic mass is 16.7. The number of carbonyl (C=O) groups is 1. The van der Waals surface area contributed by atoms with E-state index in [4.69, 9.17) is 9.47 Å². The summed E-state index contributed by atoms with van der Waals surface area (Å²) in [5.74, 6) is 6.52. The van der Waals surface area contributed by atoms with Gasteiger partial charge in [-0.3, -0.25) is 4.40 Å². The highest BCUT2D eigenvalue weighted by Gasteiger charge is 2.13. The van der Waals surface area contributed by atoms with Crippen molar-refractivity contribution in [2.24, 2.45) is 5.92 Å². The predicted molar refractivity (Wildman–Crippen MR) is 98.6 cm³/mol. The van der Waals surface area contributed by atoms with Gasteiger partial charge in [-0.25, -0.2) is 9.78 Å². The first-order valence-electron chi connectivity index (χ1n) is 8.46. The average molecular weight is 348 g/mol. The normalized spacial score (nSPS) is 10.4. The Balaban J connectivity index is 1.83. The molecule has 26 heavy (non-hydrogen) atoms. The van der Waals surface area contributed by atoms with Crippen LogP contribution in [0.25, 0.3) is 5.65 Å². The second kappa shape index (κ2) is 8.21. The van der Waals surface area contributed by atoms with Crippen LogP contribution in [0.5, 0.6) is 0 Å². The van der Waals surface area contributed by atoms with Crippen molar-refractivity contribution >= 4 is 11.8 Å². The molecule has 0 saturated carbocycles. The van der Waals surface area contributed by atoms with E-state index < -0.39 is 6.16 Å². The number of benzene rings is 1. The zero-order valence-corrected chi connectivity index (χ0v) is 14.8. The molecule has 0 bridgehead atoms. The van der Waals surface area contributed by atoms with Gasteiger partial charge in [-0.05, 0) is 36.1 Å². The molecule has 0 radical (unpaired) electrons. The number of aromatic nitrogens is 2. The molecule has 3 rings (SSSR count). The highest BCUT2D eigenvalue weighted by Crippen LogP contribution is 2.13. The van der Waals surface area contributed by atoms with E-state index in [1.807, 2.05) is 73.0 Å². The molecule has 2 heterocycles. The van der Waals surface area contributed by atoms with Crippen LogP contribution < -0.4 is 0 Å². The first-order valence-corrected chi connectivity index (χ1v) is 8.46. The summed E-state index contributed by atoms with van der Waals surface area (Å²) in [6.45, 7) is 4.27. The minimum atomic E-state index is -0.697. The standard InChI is InChI=1S/C21H20N2O3/c1-16(2)14-25-21(24)26-15-18-19(12-11-17-8-4-3-5-9-17)23-13-7-6-10-20(23)22-18/h3-10,13,16H,14-15H2,1-2H3. The summed E-state index contributed by atoms with van der Waals surface area (Å²) < 4.78 is 12.1. The Bertz CT molecular complexity index is 950. The number of imidazole rings is 1. The fraction of sp³-hybridized carbons (Fsp3) is 0.238. The van der Waals surface area contributed by atoms with Crippen LogP contribution in [0.4, 0.5) is 4.79 Å². The second-order valence-electron chi connectivity index (χ2n) is 6.20. The number of ether oxygens (including phenoxy) is 2. The molecule has 0 amide bonds. The van der Waals surface area contributed by atoms with E-state index in [1.165, 1.54) is 0 Å². The summed E-state index contributed by atoms with van der Waals surface area (Å²) in [6.07, 6.45) is 1.19. The zero-order valence-electron chi connectivity index (χ0n) is 14.8. The average Bonchev–Trinajstić information content (AvgIpc) is 3.01. The third kappa shape index (κ3) is 4.42. The number of nitrogens with zero attached hydrogens (tertiary/aromatic N) is 2.